The van der Waals surface area contributed by atoms with Gasteiger partial charge in [-0.3, -0.25) is 0 Å². The summed E-state index contributed by atoms with van der Waals surface area (Å²) in [7, 11) is 0. The normalized spacial score (nSPS) is 8.25. The maximum Gasteiger partial charge on any atom is -0.0533 e. The van der Waals surface area contributed by atoms with Crippen LogP contribution in [0.3, 0.4) is 0 Å². The standard InChI is InChI=1S/C7H16.H3N/c1-3-5-7-6-4-2;/h3-7H2,1-2H3;1H3. The van der Waals surface area contributed by atoms with Crippen molar-refractivity contribution in [3.8, 4) is 0 Å². The average molecular weight is 117 g/mol. The summed E-state index contributed by atoms with van der Waals surface area (Å²) >= 11 is 0. The summed E-state index contributed by atoms with van der Waals surface area (Å²) in [4.78, 5) is 0. The lowest BCUT2D eigenvalue weighted by Crippen LogP contribution is -1.70. The molecule has 0 atom stereocenters. The van der Waals surface area contributed by atoms with Crippen LogP contribution in [0, 0.1) is 0 Å². The SMILES string of the molecule is CCCCCCC.N. The molecule has 0 spiro atoms. The van der Waals surface area contributed by atoms with Gasteiger partial charge < -0.3 is 6.15 Å². The van der Waals surface area contributed by atoms with E-state index in [-0.39, 0.29) is 6.15 Å². The van der Waals surface area contributed by atoms with Crippen LogP contribution in [0.4, 0.5) is 0 Å². The molecule has 3 N–H and O–H groups in total. The third-order valence-corrected chi connectivity index (χ3v) is 1.21. The quantitative estimate of drug-likeness (QED) is 0.564. The molecule has 0 bridgehead atoms. The fourth-order valence-electron chi connectivity index (χ4n) is 0.677. The lowest BCUT2D eigenvalue weighted by Gasteiger charge is -1.90. The van der Waals surface area contributed by atoms with E-state index in [4.69, 9.17) is 0 Å². The summed E-state index contributed by atoms with van der Waals surface area (Å²) in [5.74, 6) is 0. The van der Waals surface area contributed by atoms with E-state index in [2.05, 4.69) is 13.8 Å². The molecule has 0 aromatic heterocycles. The minimum absolute atomic E-state index is 0. The van der Waals surface area contributed by atoms with Crippen molar-refractivity contribution in [2.75, 3.05) is 0 Å². The second kappa shape index (κ2) is 10.0. The summed E-state index contributed by atoms with van der Waals surface area (Å²) in [6, 6.07) is 0. The first-order valence-electron chi connectivity index (χ1n) is 3.41. The molecule has 52 valence electrons. The van der Waals surface area contributed by atoms with E-state index in [9.17, 15) is 0 Å². The van der Waals surface area contributed by atoms with E-state index in [1.807, 2.05) is 0 Å². The highest BCUT2D eigenvalue weighted by Gasteiger charge is 1.80. The molecule has 0 unspecified atom stereocenters. The van der Waals surface area contributed by atoms with Gasteiger partial charge in [0.15, 0.2) is 0 Å². The zero-order chi connectivity index (χ0) is 5.54. The van der Waals surface area contributed by atoms with E-state index < -0.39 is 0 Å². The lowest BCUT2D eigenvalue weighted by molar-refractivity contribution is 0.656. The molecule has 0 radical (unpaired) electrons. The molecule has 0 fully saturated rings. The summed E-state index contributed by atoms with van der Waals surface area (Å²) < 4.78 is 0. The first-order valence-corrected chi connectivity index (χ1v) is 3.41. The van der Waals surface area contributed by atoms with Gasteiger partial charge in [0.1, 0.15) is 0 Å². The van der Waals surface area contributed by atoms with Crippen molar-refractivity contribution in [2.24, 2.45) is 0 Å². The van der Waals surface area contributed by atoms with Gasteiger partial charge in [0.2, 0.25) is 0 Å². The third-order valence-electron chi connectivity index (χ3n) is 1.21. The first kappa shape index (κ1) is 10.9. The first-order chi connectivity index (χ1) is 3.41. The van der Waals surface area contributed by atoms with Crippen LogP contribution in [0.2, 0.25) is 0 Å². The van der Waals surface area contributed by atoms with Crippen molar-refractivity contribution >= 4 is 0 Å². The molecule has 0 saturated carbocycles. The number of unbranched alkanes of at least 4 members (excludes halogenated alkanes) is 4. The number of rotatable bonds is 4. The van der Waals surface area contributed by atoms with Crippen molar-refractivity contribution in [1.82, 2.24) is 6.15 Å². The minimum atomic E-state index is 0. The van der Waals surface area contributed by atoms with Crippen LogP contribution in [-0.2, 0) is 0 Å². The van der Waals surface area contributed by atoms with Gasteiger partial charge in [-0.15, -0.1) is 0 Å². The van der Waals surface area contributed by atoms with Crippen LogP contribution >= 0.6 is 0 Å². The predicted octanol–water partition coefficient (Wildman–Crippen LogP) is 3.14. The Bertz CT molecular complexity index is 23.6. The number of hydrogen-bond donors (Lipinski definition) is 1. The van der Waals surface area contributed by atoms with Gasteiger partial charge in [0.05, 0.1) is 0 Å². The second-order valence-corrected chi connectivity index (χ2v) is 2.06. The summed E-state index contributed by atoms with van der Waals surface area (Å²) in [5, 5.41) is 0. The van der Waals surface area contributed by atoms with Gasteiger partial charge in [0, 0.05) is 0 Å². The molecule has 0 saturated heterocycles. The Labute approximate surface area is 53.1 Å². The Kier molecular flexibility index (Phi) is 13.6. The second-order valence-electron chi connectivity index (χ2n) is 2.06. The van der Waals surface area contributed by atoms with Crippen molar-refractivity contribution in [1.29, 1.82) is 0 Å². The van der Waals surface area contributed by atoms with E-state index >= 15 is 0 Å². The van der Waals surface area contributed by atoms with Gasteiger partial charge in [-0.05, 0) is 0 Å². The van der Waals surface area contributed by atoms with Crippen LogP contribution in [0.1, 0.15) is 46.0 Å². The Hall–Kier alpha value is -0.0400. The van der Waals surface area contributed by atoms with Gasteiger partial charge in [-0.2, -0.15) is 0 Å². The molecular weight excluding hydrogens is 98.1 g/mol. The van der Waals surface area contributed by atoms with E-state index in [0.717, 1.165) is 0 Å². The van der Waals surface area contributed by atoms with E-state index in [0.29, 0.717) is 0 Å². The molecule has 0 rings (SSSR count). The van der Waals surface area contributed by atoms with Crippen LogP contribution in [0.15, 0.2) is 0 Å². The van der Waals surface area contributed by atoms with E-state index in [1.54, 1.807) is 0 Å². The molecule has 1 nitrogen and oxygen atoms in total. The highest BCUT2D eigenvalue weighted by atomic mass is 14.0. The van der Waals surface area contributed by atoms with Gasteiger partial charge >= 0.3 is 0 Å². The zero-order valence-electron chi connectivity index (χ0n) is 6.24. The molecule has 0 aliphatic carbocycles. The predicted molar refractivity (Wildman–Crippen MR) is 39.5 cm³/mol. The fourth-order valence-corrected chi connectivity index (χ4v) is 0.677. The van der Waals surface area contributed by atoms with Crippen molar-refractivity contribution in [2.45, 2.75) is 46.0 Å². The van der Waals surface area contributed by atoms with Crippen LogP contribution in [0.25, 0.3) is 0 Å². The molecule has 0 aromatic carbocycles. The average Bonchev–Trinajstić information content (AvgIpc) is 1.69. The summed E-state index contributed by atoms with van der Waals surface area (Å²) in [6.07, 6.45) is 7.01. The van der Waals surface area contributed by atoms with Gasteiger partial charge in [0.25, 0.3) is 0 Å². The highest BCUT2D eigenvalue weighted by molar-refractivity contribution is 4.35. The van der Waals surface area contributed by atoms with Crippen molar-refractivity contribution in [3.63, 3.8) is 0 Å². The largest absolute Gasteiger partial charge is 0.344 e. The highest BCUT2D eigenvalue weighted by Crippen LogP contribution is 2.00. The van der Waals surface area contributed by atoms with Crippen molar-refractivity contribution in [3.05, 3.63) is 0 Å². The molecule has 0 heterocycles. The topological polar surface area (TPSA) is 35.0 Å². The van der Waals surface area contributed by atoms with Crippen LogP contribution in [-0.4, -0.2) is 0 Å². The molecule has 0 aromatic rings. The maximum absolute atomic E-state index is 2.25. The van der Waals surface area contributed by atoms with Crippen LogP contribution in [0.5, 0.6) is 0 Å². The zero-order valence-corrected chi connectivity index (χ0v) is 6.24. The number of hydrogen-bond acceptors (Lipinski definition) is 1. The Morgan fingerprint density at radius 2 is 1.12 bits per heavy atom. The molecule has 0 aliphatic heterocycles. The molecule has 8 heavy (non-hydrogen) atoms. The Balaban J connectivity index is 0. The lowest BCUT2D eigenvalue weighted by atomic mass is 10.2. The monoisotopic (exact) mass is 117 g/mol. The van der Waals surface area contributed by atoms with Crippen molar-refractivity contribution < 1.29 is 0 Å². The Morgan fingerprint density at radius 3 is 1.38 bits per heavy atom. The third kappa shape index (κ3) is 9.35. The smallest absolute Gasteiger partial charge is 0.0533 e. The van der Waals surface area contributed by atoms with E-state index in [1.165, 1.54) is 32.1 Å². The summed E-state index contributed by atoms with van der Waals surface area (Å²) in [6.45, 7) is 4.49. The Morgan fingerprint density at radius 1 is 0.750 bits per heavy atom. The molecule has 0 aliphatic rings. The minimum Gasteiger partial charge on any atom is -0.344 e. The molecule has 1 heteroatoms. The maximum atomic E-state index is 2.25. The van der Waals surface area contributed by atoms with Gasteiger partial charge in [-0.25, -0.2) is 0 Å². The summed E-state index contributed by atoms with van der Waals surface area (Å²) in [5.41, 5.74) is 0. The van der Waals surface area contributed by atoms with Crippen LogP contribution < -0.4 is 6.15 Å². The van der Waals surface area contributed by atoms with Gasteiger partial charge in [-0.1, -0.05) is 46.0 Å². The fraction of sp³-hybridized carbons (Fsp3) is 1.00. The molecule has 0 amide bonds. The molecular formula is C7H19N.